The van der Waals surface area contributed by atoms with Crippen LogP contribution >= 0.6 is 0 Å². The number of anilines is 1. The van der Waals surface area contributed by atoms with E-state index in [1.807, 2.05) is 36.4 Å². The Morgan fingerprint density at radius 2 is 1.80 bits per heavy atom. The maximum Gasteiger partial charge on any atom is 0.411 e. The van der Waals surface area contributed by atoms with E-state index < -0.39 is 23.5 Å². The summed E-state index contributed by atoms with van der Waals surface area (Å²) in [6.07, 6.45) is 2.42. The first kappa shape index (κ1) is 22.6. The summed E-state index contributed by atoms with van der Waals surface area (Å²) in [6.45, 7) is 0.154. The molecule has 1 saturated heterocycles. The van der Waals surface area contributed by atoms with Crippen molar-refractivity contribution in [2.45, 2.75) is 24.4 Å². The van der Waals surface area contributed by atoms with Crippen LogP contribution in [0.3, 0.4) is 0 Å². The fourth-order valence-electron chi connectivity index (χ4n) is 4.61. The number of hydrogen-bond donors (Lipinski definition) is 3. The third-order valence-corrected chi connectivity index (χ3v) is 6.34. The molecule has 2 aliphatic rings. The summed E-state index contributed by atoms with van der Waals surface area (Å²) >= 11 is 0. The van der Waals surface area contributed by atoms with E-state index in [0.29, 0.717) is 5.69 Å². The van der Waals surface area contributed by atoms with E-state index in [1.54, 1.807) is 0 Å². The van der Waals surface area contributed by atoms with Crippen LogP contribution in [0.2, 0.25) is 0 Å². The Balaban J connectivity index is 1.17. The normalized spacial score (nSPS) is 18.5. The van der Waals surface area contributed by atoms with Gasteiger partial charge in [-0.15, -0.1) is 0 Å². The van der Waals surface area contributed by atoms with Crippen LogP contribution in [0.4, 0.5) is 10.5 Å². The summed E-state index contributed by atoms with van der Waals surface area (Å²) in [7, 11) is 0. The van der Waals surface area contributed by atoms with Gasteiger partial charge >= 0.3 is 12.1 Å². The molecule has 1 atom stereocenters. The van der Waals surface area contributed by atoms with Crippen LogP contribution in [-0.4, -0.2) is 58.2 Å². The lowest BCUT2D eigenvalue weighted by atomic mass is 9.98. The minimum absolute atomic E-state index is 0.0549. The zero-order valence-electron chi connectivity index (χ0n) is 18.8. The standard InChI is InChI=1S/C25H24N4O6/c30-22(28-25(23(31)32)9-10-34-15-25)13-29-12-16(11-26-29)27-24(33)35-14-21-19-7-3-1-5-17(19)18-6-2-4-8-20(18)21/h1-8,11-12,21H,9-10,13-15H2,(H,27,33)(H,28,30)(H,31,32). The molecule has 3 aromatic rings. The summed E-state index contributed by atoms with van der Waals surface area (Å²) in [5.41, 5.74) is 3.45. The molecule has 1 aliphatic carbocycles. The van der Waals surface area contributed by atoms with Crippen molar-refractivity contribution >= 4 is 23.7 Å². The van der Waals surface area contributed by atoms with Crippen LogP contribution < -0.4 is 10.6 Å². The largest absolute Gasteiger partial charge is 0.479 e. The minimum Gasteiger partial charge on any atom is -0.479 e. The van der Waals surface area contributed by atoms with Gasteiger partial charge in [0.25, 0.3) is 0 Å². The van der Waals surface area contributed by atoms with Gasteiger partial charge in [-0.2, -0.15) is 5.10 Å². The molecule has 0 bridgehead atoms. The zero-order valence-corrected chi connectivity index (χ0v) is 18.8. The maximum atomic E-state index is 12.4. The van der Waals surface area contributed by atoms with Crippen LogP contribution in [0.1, 0.15) is 23.5 Å². The molecule has 1 fully saturated rings. The second-order valence-electron chi connectivity index (χ2n) is 8.62. The molecule has 2 amide bonds. The number of benzene rings is 2. The van der Waals surface area contributed by atoms with Gasteiger partial charge in [-0.1, -0.05) is 48.5 Å². The van der Waals surface area contributed by atoms with Crippen LogP contribution in [0.15, 0.2) is 60.9 Å². The fourth-order valence-corrected chi connectivity index (χ4v) is 4.61. The number of carbonyl (C=O) groups excluding carboxylic acids is 2. The number of ether oxygens (including phenoxy) is 2. The van der Waals surface area contributed by atoms with Crippen molar-refractivity contribution in [3.8, 4) is 11.1 Å². The monoisotopic (exact) mass is 476 g/mol. The highest BCUT2D eigenvalue weighted by molar-refractivity contribution is 5.88. The van der Waals surface area contributed by atoms with Crippen molar-refractivity contribution in [1.82, 2.24) is 15.1 Å². The number of aromatic nitrogens is 2. The van der Waals surface area contributed by atoms with Gasteiger partial charge in [-0.3, -0.25) is 14.8 Å². The molecular weight excluding hydrogens is 452 g/mol. The summed E-state index contributed by atoms with van der Waals surface area (Å²) < 4.78 is 12.0. The van der Waals surface area contributed by atoms with Gasteiger partial charge in [0.15, 0.2) is 5.54 Å². The van der Waals surface area contributed by atoms with Crippen molar-refractivity contribution < 1.29 is 29.0 Å². The molecule has 3 N–H and O–H groups in total. The van der Waals surface area contributed by atoms with Crippen molar-refractivity contribution in [2.24, 2.45) is 0 Å². The Morgan fingerprint density at radius 3 is 2.43 bits per heavy atom. The predicted molar refractivity (Wildman–Crippen MR) is 125 cm³/mol. The smallest absolute Gasteiger partial charge is 0.411 e. The zero-order chi connectivity index (χ0) is 24.4. The Morgan fingerprint density at radius 1 is 1.11 bits per heavy atom. The van der Waals surface area contributed by atoms with E-state index in [9.17, 15) is 19.5 Å². The highest BCUT2D eigenvalue weighted by Crippen LogP contribution is 2.44. The molecule has 0 saturated carbocycles. The Kier molecular flexibility index (Phi) is 5.96. The Labute approximate surface area is 200 Å². The van der Waals surface area contributed by atoms with E-state index in [-0.39, 0.29) is 38.7 Å². The first-order valence-electron chi connectivity index (χ1n) is 11.2. The Hall–Kier alpha value is -4.18. The number of nitrogens with one attached hydrogen (secondary N) is 2. The third-order valence-electron chi connectivity index (χ3n) is 6.34. The van der Waals surface area contributed by atoms with Gasteiger partial charge in [0.1, 0.15) is 13.2 Å². The van der Waals surface area contributed by atoms with E-state index in [4.69, 9.17) is 9.47 Å². The molecule has 0 spiro atoms. The fraction of sp³-hybridized carbons (Fsp3) is 0.280. The van der Waals surface area contributed by atoms with Gasteiger partial charge in [-0.05, 0) is 22.3 Å². The number of hydrogen-bond acceptors (Lipinski definition) is 6. The molecule has 5 rings (SSSR count). The third kappa shape index (κ3) is 4.47. The number of rotatable bonds is 7. The number of fused-ring (bicyclic) bond motifs is 3. The Bertz CT molecular complexity index is 1230. The summed E-state index contributed by atoms with van der Waals surface area (Å²) in [4.78, 5) is 36.4. The molecular formula is C25H24N4O6. The van der Waals surface area contributed by atoms with Crippen molar-refractivity contribution in [3.05, 3.63) is 72.1 Å². The average molecular weight is 476 g/mol. The van der Waals surface area contributed by atoms with E-state index in [0.717, 1.165) is 22.3 Å². The predicted octanol–water partition coefficient (Wildman–Crippen LogP) is 2.60. The quantitative estimate of drug-likeness (QED) is 0.478. The first-order valence-corrected chi connectivity index (χ1v) is 11.2. The van der Waals surface area contributed by atoms with E-state index in [2.05, 4.69) is 27.9 Å². The lowest BCUT2D eigenvalue weighted by Crippen LogP contribution is -2.55. The molecule has 1 unspecified atom stereocenters. The topological polar surface area (TPSA) is 132 Å². The van der Waals surface area contributed by atoms with Gasteiger partial charge in [0, 0.05) is 25.1 Å². The second-order valence-corrected chi connectivity index (χ2v) is 8.62. The summed E-state index contributed by atoms with van der Waals surface area (Å²) in [6, 6.07) is 16.2. The molecule has 2 aromatic carbocycles. The molecule has 1 aliphatic heterocycles. The minimum atomic E-state index is -1.42. The molecule has 2 heterocycles. The highest BCUT2D eigenvalue weighted by Gasteiger charge is 2.43. The van der Waals surface area contributed by atoms with Crippen LogP contribution in [0.5, 0.6) is 0 Å². The van der Waals surface area contributed by atoms with Gasteiger partial charge in [0.2, 0.25) is 5.91 Å². The van der Waals surface area contributed by atoms with Crippen LogP contribution in [0.25, 0.3) is 11.1 Å². The molecule has 10 nitrogen and oxygen atoms in total. The molecule has 35 heavy (non-hydrogen) atoms. The first-order chi connectivity index (χ1) is 16.9. The van der Waals surface area contributed by atoms with E-state index in [1.165, 1.54) is 17.1 Å². The van der Waals surface area contributed by atoms with Crippen LogP contribution in [-0.2, 0) is 25.6 Å². The number of carboxylic acids is 1. The van der Waals surface area contributed by atoms with Crippen molar-refractivity contribution in [2.75, 3.05) is 25.1 Å². The van der Waals surface area contributed by atoms with Crippen molar-refractivity contribution in [1.29, 1.82) is 0 Å². The number of nitrogens with zero attached hydrogens (tertiary/aromatic N) is 2. The highest BCUT2D eigenvalue weighted by atomic mass is 16.5. The number of amides is 2. The molecule has 0 radical (unpaired) electrons. The number of carboxylic acid groups (broad SMARTS) is 1. The molecule has 10 heteroatoms. The van der Waals surface area contributed by atoms with Crippen LogP contribution in [0, 0.1) is 0 Å². The summed E-state index contributed by atoms with van der Waals surface area (Å²) in [5, 5.41) is 18.6. The van der Waals surface area contributed by atoms with Gasteiger partial charge in [0.05, 0.1) is 18.5 Å². The number of aliphatic carboxylic acids is 1. The van der Waals surface area contributed by atoms with E-state index >= 15 is 0 Å². The number of carbonyl (C=O) groups is 3. The molecule has 1 aromatic heterocycles. The maximum absolute atomic E-state index is 12.4. The lowest BCUT2D eigenvalue weighted by molar-refractivity contribution is -0.147. The summed E-state index contributed by atoms with van der Waals surface area (Å²) in [5.74, 6) is -1.71. The second kappa shape index (κ2) is 9.22. The average Bonchev–Trinajstić information content (AvgIpc) is 3.56. The molecule has 180 valence electrons. The van der Waals surface area contributed by atoms with Gasteiger partial charge in [-0.25, -0.2) is 9.59 Å². The van der Waals surface area contributed by atoms with Gasteiger partial charge < -0.3 is 19.9 Å². The SMILES string of the molecule is O=C(Cn1cc(NC(=O)OCC2c3ccccc3-c3ccccc32)cn1)NC1(C(=O)O)CCOC1. The lowest BCUT2D eigenvalue weighted by Gasteiger charge is -2.23. The van der Waals surface area contributed by atoms with Crippen molar-refractivity contribution in [3.63, 3.8) is 0 Å².